The highest BCUT2D eigenvalue weighted by Gasteiger charge is 2.17. The fourth-order valence-electron chi connectivity index (χ4n) is 1.18. The van der Waals surface area contributed by atoms with Gasteiger partial charge in [-0.05, 0) is 19.9 Å². The molecular weight excluding hydrogens is 258 g/mol. The van der Waals surface area contributed by atoms with E-state index in [-0.39, 0.29) is 23.7 Å². The number of carboxylic acids is 1. The van der Waals surface area contributed by atoms with Gasteiger partial charge in [0.2, 0.25) is 0 Å². The number of ether oxygens (including phenoxy) is 1. The molecule has 0 aliphatic carbocycles. The summed E-state index contributed by atoms with van der Waals surface area (Å²) in [6.07, 6.45) is 2.59. The minimum atomic E-state index is -3.19. The highest BCUT2D eigenvalue weighted by atomic mass is 32.2. The van der Waals surface area contributed by atoms with Gasteiger partial charge in [0.05, 0.1) is 17.2 Å². The van der Waals surface area contributed by atoms with Crippen molar-refractivity contribution in [2.45, 2.75) is 19.1 Å². The van der Waals surface area contributed by atoms with Crippen LogP contribution in [0.3, 0.4) is 0 Å². The third kappa shape index (κ3) is 3.69. The maximum Gasteiger partial charge on any atom is 0.339 e. The quantitative estimate of drug-likeness (QED) is 0.830. The van der Waals surface area contributed by atoms with Crippen molar-refractivity contribution in [1.29, 1.82) is 0 Å². The Labute approximate surface area is 106 Å². The highest BCUT2D eigenvalue weighted by Crippen LogP contribution is 2.16. The molecule has 0 aliphatic heterocycles. The lowest BCUT2D eigenvalue weighted by molar-refractivity contribution is 0.0692. The summed E-state index contributed by atoms with van der Waals surface area (Å²) in [4.78, 5) is 14.6. The number of aromatic carboxylic acids is 1. The molecule has 0 atom stereocenters. The summed E-state index contributed by atoms with van der Waals surface area (Å²) in [5.41, 5.74) is -0.0352. The molecule has 1 aromatic heterocycles. The molecule has 1 aromatic rings. The van der Waals surface area contributed by atoms with Crippen molar-refractivity contribution in [3.63, 3.8) is 0 Å². The van der Waals surface area contributed by atoms with Crippen molar-refractivity contribution in [2.75, 3.05) is 12.4 Å². The molecule has 0 saturated carbocycles. The van der Waals surface area contributed by atoms with Crippen LogP contribution in [-0.2, 0) is 9.84 Å². The Bertz CT molecular complexity index is 524. The number of carbonyl (C=O) groups is 1. The van der Waals surface area contributed by atoms with Crippen molar-refractivity contribution < 1.29 is 23.1 Å². The van der Waals surface area contributed by atoms with Gasteiger partial charge in [-0.1, -0.05) is 0 Å². The molecule has 0 spiro atoms. The van der Waals surface area contributed by atoms with Crippen LogP contribution in [0, 0.1) is 0 Å². The summed E-state index contributed by atoms with van der Waals surface area (Å²) in [5, 5.41) is 8.41. The number of aromatic nitrogens is 1. The second kappa shape index (κ2) is 5.81. The highest BCUT2D eigenvalue weighted by molar-refractivity contribution is 7.91. The lowest BCUT2D eigenvalue weighted by Gasteiger charge is -2.10. The first-order valence-electron chi connectivity index (χ1n) is 5.36. The summed E-state index contributed by atoms with van der Waals surface area (Å²) >= 11 is 0. The first-order valence-corrected chi connectivity index (χ1v) is 7.08. The fraction of sp³-hybridized carbons (Fsp3) is 0.455. The normalized spacial score (nSPS) is 11.5. The third-order valence-corrected chi connectivity index (χ3v) is 4.53. The number of sulfone groups is 1. The lowest BCUT2D eigenvalue weighted by Crippen LogP contribution is -2.22. The summed E-state index contributed by atoms with van der Waals surface area (Å²) in [7, 11) is -3.19. The number of pyridine rings is 1. The molecule has 6 nitrogen and oxygen atoms in total. The zero-order valence-corrected chi connectivity index (χ0v) is 11.0. The van der Waals surface area contributed by atoms with Gasteiger partial charge < -0.3 is 9.84 Å². The van der Waals surface area contributed by atoms with E-state index in [9.17, 15) is 13.2 Å². The summed E-state index contributed by atoms with van der Waals surface area (Å²) in [6, 6.07) is 1.30. The molecule has 0 fully saturated rings. The van der Waals surface area contributed by atoms with Crippen molar-refractivity contribution in [3.8, 4) is 5.75 Å². The lowest BCUT2D eigenvalue weighted by atomic mass is 10.2. The summed E-state index contributed by atoms with van der Waals surface area (Å²) in [6.45, 7) is 3.08. The topological polar surface area (TPSA) is 93.6 Å². The molecule has 1 N–H and O–H groups in total. The Morgan fingerprint density at radius 1 is 1.50 bits per heavy atom. The molecule has 0 radical (unpaired) electrons. The van der Waals surface area contributed by atoms with E-state index in [0.29, 0.717) is 0 Å². The minimum Gasteiger partial charge on any atom is -0.490 e. The van der Waals surface area contributed by atoms with Crippen LogP contribution in [0.15, 0.2) is 18.5 Å². The molecule has 1 heterocycles. The molecule has 100 valence electrons. The maximum atomic E-state index is 11.5. The largest absolute Gasteiger partial charge is 0.490 e. The predicted octanol–water partition coefficient (Wildman–Crippen LogP) is 0.982. The summed E-state index contributed by atoms with van der Waals surface area (Å²) in [5.74, 6) is -1.22. The first-order chi connectivity index (χ1) is 8.34. The SMILES string of the molecule is CC(C)S(=O)(=O)CCOc1cnccc1C(=O)O. The van der Waals surface area contributed by atoms with E-state index in [1.165, 1.54) is 18.5 Å². The number of hydrogen-bond acceptors (Lipinski definition) is 5. The van der Waals surface area contributed by atoms with Gasteiger partial charge in [0.15, 0.2) is 15.6 Å². The van der Waals surface area contributed by atoms with Gasteiger partial charge in [0.25, 0.3) is 0 Å². The molecule has 0 aliphatic rings. The zero-order valence-electron chi connectivity index (χ0n) is 10.2. The fourth-order valence-corrected chi connectivity index (χ4v) is 1.96. The van der Waals surface area contributed by atoms with Crippen LogP contribution < -0.4 is 4.74 Å². The van der Waals surface area contributed by atoms with E-state index in [2.05, 4.69) is 4.98 Å². The van der Waals surface area contributed by atoms with Crippen LogP contribution in [0.25, 0.3) is 0 Å². The Kier molecular flexibility index (Phi) is 4.66. The Morgan fingerprint density at radius 3 is 2.72 bits per heavy atom. The smallest absolute Gasteiger partial charge is 0.339 e. The summed E-state index contributed by atoms with van der Waals surface area (Å²) < 4.78 is 28.2. The monoisotopic (exact) mass is 273 g/mol. The number of hydrogen-bond donors (Lipinski definition) is 1. The van der Waals surface area contributed by atoms with E-state index in [4.69, 9.17) is 9.84 Å². The van der Waals surface area contributed by atoms with Crippen LogP contribution in [0.4, 0.5) is 0 Å². The van der Waals surface area contributed by atoms with Crippen molar-refractivity contribution in [2.24, 2.45) is 0 Å². The van der Waals surface area contributed by atoms with E-state index in [1.54, 1.807) is 13.8 Å². The van der Waals surface area contributed by atoms with E-state index in [1.807, 2.05) is 0 Å². The van der Waals surface area contributed by atoms with E-state index in [0.717, 1.165) is 0 Å². The van der Waals surface area contributed by atoms with Gasteiger partial charge in [-0.25, -0.2) is 13.2 Å². The van der Waals surface area contributed by atoms with Crippen LogP contribution in [-0.4, -0.2) is 42.1 Å². The van der Waals surface area contributed by atoms with Gasteiger partial charge in [-0.2, -0.15) is 0 Å². The minimum absolute atomic E-state index is 0.0352. The van der Waals surface area contributed by atoms with Gasteiger partial charge in [-0.3, -0.25) is 4.98 Å². The van der Waals surface area contributed by atoms with Crippen LogP contribution in [0.2, 0.25) is 0 Å². The molecule has 1 rings (SSSR count). The molecule has 7 heteroatoms. The van der Waals surface area contributed by atoms with Crippen LogP contribution in [0.1, 0.15) is 24.2 Å². The van der Waals surface area contributed by atoms with Gasteiger partial charge in [0, 0.05) is 6.20 Å². The van der Waals surface area contributed by atoms with Crippen LogP contribution in [0.5, 0.6) is 5.75 Å². The van der Waals surface area contributed by atoms with Crippen molar-refractivity contribution >= 4 is 15.8 Å². The Hall–Kier alpha value is -1.63. The molecule has 18 heavy (non-hydrogen) atoms. The van der Waals surface area contributed by atoms with E-state index < -0.39 is 21.1 Å². The van der Waals surface area contributed by atoms with Gasteiger partial charge in [-0.15, -0.1) is 0 Å². The molecule has 0 amide bonds. The maximum absolute atomic E-state index is 11.5. The van der Waals surface area contributed by atoms with Gasteiger partial charge in [0.1, 0.15) is 12.2 Å². The average molecular weight is 273 g/mol. The predicted molar refractivity (Wildman–Crippen MR) is 65.6 cm³/mol. The van der Waals surface area contributed by atoms with Crippen molar-refractivity contribution in [3.05, 3.63) is 24.0 Å². The Morgan fingerprint density at radius 2 is 2.17 bits per heavy atom. The molecule has 0 aromatic carbocycles. The number of carboxylic acid groups (broad SMARTS) is 1. The van der Waals surface area contributed by atoms with Gasteiger partial charge >= 0.3 is 5.97 Å². The molecule has 0 saturated heterocycles. The number of rotatable bonds is 6. The first kappa shape index (κ1) is 14.4. The molecule has 0 unspecified atom stereocenters. The zero-order chi connectivity index (χ0) is 13.8. The van der Waals surface area contributed by atoms with Crippen molar-refractivity contribution in [1.82, 2.24) is 4.98 Å². The average Bonchev–Trinajstić information content (AvgIpc) is 2.29. The second-order valence-electron chi connectivity index (χ2n) is 3.94. The molecule has 0 bridgehead atoms. The molecular formula is C11H15NO5S. The second-order valence-corrected chi connectivity index (χ2v) is 6.62. The number of nitrogens with zero attached hydrogens (tertiary/aromatic N) is 1. The Balaban J connectivity index is 2.68. The van der Waals surface area contributed by atoms with E-state index >= 15 is 0 Å². The standard InChI is InChI=1S/C11H15NO5S/c1-8(2)18(15,16)6-5-17-10-7-12-4-3-9(10)11(13)14/h3-4,7-8H,5-6H2,1-2H3,(H,13,14). The van der Waals surface area contributed by atoms with Crippen LogP contribution >= 0.6 is 0 Å². The third-order valence-electron chi connectivity index (χ3n) is 2.36.